The summed E-state index contributed by atoms with van der Waals surface area (Å²) in [5, 5.41) is 9.51. The molecule has 0 unspecified atom stereocenters. The fourth-order valence-electron chi connectivity index (χ4n) is 13.6. The van der Waals surface area contributed by atoms with Gasteiger partial charge in [-0.15, -0.1) is 22.7 Å². The molecule has 0 saturated heterocycles. The van der Waals surface area contributed by atoms with Crippen molar-refractivity contribution in [1.82, 2.24) is 24.1 Å². The monoisotopic (exact) mass is 1160 g/mol. The van der Waals surface area contributed by atoms with E-state index in [9.17, 15) is 0 Å². The van der Waals surface area contributed by atoms with Gasteiger partial charge >= 0.3 is 0 Å². The second-order valence-electron chi connectivity index (χ2n) is 22.6. The van der Waals surface area contributed by atoms with E-state index in [2.05, 4.69) is 300 Å². The first-order chi connectivity index (χ1) is 43.6. The third-order valence-electron chi connectivity index (χ3n) is 17.6. The Kier molecular flexibility index (Phi) is 11.6. The number of aromatic nitrogens is 5. The van der Waals surface area contributed by atoms with E-state index in [0.29, 0.717) is 17.5 Å². The number of nitrogens with zero attached hydrogens (tertiary/aromatic N) is 5. The summed E-state index contributed by atoms with van der Waals surface area (Å²) in [4.78, 5) is 16.4. The van der Waals surface area contributed by atoms with E-state index in [1.165, 1.54) is 107 Å². The van der Waals surface area contributed by atoms with Crippen LogP contribution in [0.4, 0.5) is 0 Å². The van der Waals surface area contributed by atoms with E-state index in [-0.39, 0.29) is 0 Å². The summed E-state index contributed by atoms with van der Waals surface area (Å²) >= 11 is 3.62. The van der Waals surface area contributed by atoms with Gasteiger partial charge in [0.1, 0.15) is 0 Å². The summed E-state index contributed by atoms with van der Waals surface area (Å²) < 4.78 is 9.60. The number of hydrogen-bond acceptors (Lipinski definition) is 5. The summed E-state index contributed by atoms with van der Waals surface area (Å²) in [5.41, 5.74) is 19.3. The van der Waals surface area contributed by atoms with Gasteiger partial charge in [0.05, 0.1) is 22.1 Å². The van der Waals surface area contributed by atoms with E-state index in [0.717, 1.165) is 50.0 Å². The summed E-state index contributed by atoms with van der Waals surface area (Å²) in [7, 11) is 0. The molecule has 7 heteroatoms. The Labute approximate surface area is 514 Å². The number of benzene rings is 13. The molecule has 5 nitrogen and oxygen atoms in total. The highest BCUT2D eigenvalue weighted by Gasteiger charge is 2.23. The lowest BCUT2D eigenvalue weighted by Gasteiger charge is -2.11. The van der Waals surface area contributed by atoms with Gasteiger partial charge in [0.25, 0.3) is 0 Å². The Bertz CT molecular complexity index is 5440. The molecule has 0 aliphatic rings. The van der Waals surface area contributed by atoms with Crippen molar-refractivity contribution in [2.24, 2.45) is 0 Å². The standard InChI is InChI=1S/C81H49N5S2/c1-4-18-50(19-5-1)52-36-42-57(43-37-52)85-67-30-12-10-24-61(67)75-59(26-14-32-69(75)85)55-40-46-71-65(48-55)77-63(28-16-34-73(77)87-71)80-82-79(54-22-8-3-9-23-54)83-81(84-80)64-29-17-35-74-78(64)66-49-56(41-47-72(66)88-74)60-27-15-33-70-76(60)62-25-11-13-31-68(62)86(70)58-44-38-53(39-45-58)51-20-6-2-7-21-51/h1-49H. The fraction of sp³-hybridized carbons (Fsp3) is 0. The average Bonchev–Trinajstić information content (AvgIpc) is 1.86. The van der Waals surface area contributed by atoms with Crippen LogP contribution in [0.3, 0.4) is 0 Å². The second-order valence-corrected chi connectivity index (χ2v) is 24.8. The summed E-state index contributed by atoms with van der Waals surface area (Å²) in [6, 6.07) is 108. The molecular formula is C81H49N5S2. The van der Waals surface area contributed by atoms with Crippen molar-refractivity contribution in [2.75, 3.05) is 0 Å². The van der Waals surface area contributed by atoms with Crippen molar-refractivity contribution in [3.8, 4) is 90.0 Å². The summed E-state index contributed by atoms with van der Waals surface area (Å²) in [6.45, 7) is 0. The smallest absolute Gasteiger partial charge is 0.164 e. The van der Waals surface area contributed by atoms with E-state index in [4.69, 9.17) is 15.0 Å². The van der Waals surface area contributed by atoms with Gasteiger partial charge < -0.3 is 9.13 Å². The molecule has 13 aromatic carbocycles. The molecule has 0 atom stereocenters. The molecule has 0 bridgehead atoms. The van der Waals surface area contributed by atoms with Gasteiger partial charge in [0.2, 0.25) is 0 Å². The molecular weight excluding hydrogens is 1110 g/mol. The molecule has 0 aliphatic carbocycles. The van der Waals surface area contributed by atoms with Crippen LogP contribution in [0.5, 0.6) is 0 Å². The molecule has 0 amide bonds. The molecule has 0 radical (unpaired) electrons. The lowest BCUT2D eigenvalue weighted by atomic mass is 9.96. The van der Waals surface area contributed by atoms with Gasteiger partial charge in [-0.3, -0.25) is 0 Å². The zero-order chi connectivity index (χ0) is 57.8. The van der Waals surface area contributed by atoms with Crippen LogP contribution >= 0.6 is 22.7 Å². The molecule has 18 rings (SSSR count). The molecule has 5 aromatic heterocycles. The molecule has 88 heavy (non-hydrogen) atoms. The quantitative estimate of drug-likeness (QED) is 0.145. The number of fused-ring (bicyclic) bond motifs is 12. The SMILES string of the molecule is c1ccc(-c2ccc(-n3c4ccccc4c4c(-c5ccc6sc7cccc(-c8nc(-c9ccccc9)nc(-c9cccc%10sc%11ccc(-c%12cccc%13c%12c%12ccccc%12n%13-c%12ccc(-c%13ccccc%13)cc%12)cc%11c9%10)n8)c7c6c5)cccc43)cc2)cc1. The van der Waals surface area contributed by atoms with Crippen LogP contribution < -0.4 is 0 Å². The minimum absolute atomic E-state index is 0.630. The third-order valence-corrected chi connectivity index (χ3v) is 19.9. The van der Waals surface area contributed by atoms with Crippen LogP contribution in [0.2, 0.25) is 0 Å². The normalized spacial score (nSPS) is 11.9. The number of rotatable bonds is 9. The molecule has 5 heterocycles. The number of para-hydroxylation sites is 2. The summed E-state index contributed by atoms with van der Waals surface area (Å²) in [5.74, 6) is 1.90. The highest BCUT2D eigenvalue weighted by Crippen LogP contribution is 2.47. The predicted molar refractivity (Wildman–Crippen MR) is 372 cm³/mol. The Morgan fingerprint density at radius 2 is 0.568 bits per heavy atom. The van der Waals surface area contributed by atoms with E-state index in [1.807, 2.05) is 28.7 Å². The van der Waals surface area contributed by atoms with Crippen molar-refractivity contribution in [1.29, 1.82) is 0 Å². The molecule has 0 fully saturated rings. The maximum atomic E-state index is 5.57. The maximum Gasteiger partial charge on any atom is 0.164 e. The number of hydrogen-bond donors (Lipinski definition) is 0. The van der Waals surface area contributed by atoms with Crippen molar-refractivity contribution in [3.05, 3.63) is 297 Å². The third kappa shape index (κ3) is 8.09. The van der Waals surface area contributed by atoms with E-state index in [1.54, 1.807) is 0 Å². The first kappa shape index (κ1) is 50.3. The highest BCUT2D eigenvalue weighted by molar-refractivity contribution is 7.26. The molecule has 18 aromatic rings. The summed E-state index contributed by atoms with van der Waals surface area (Å²) in [6.07, 6.45) is 0. The second kappa shape index (κ2) is 20.3. The van der Waals surface area contributed by atoms with Gasteiger partial charge in [-0.25, -0.2) is 15.0 Å². The van der Waals surface area contributed by atoms with Crippen molar-refractivity contribution < 1.29 is 0 Å². The first-order valence-corrected chi connectivity index (χ1v) is 31.4. The molecule has 0 aliphatic heterocycles. The van der Waals surface area contributed by atoms with Crippen LogP contribution in [0, 0.1) is 0 Å². The zero-order valence-electron chi connectivity index (χ0n) is 47.3. The van der Waals surface area contributed by atoms with Crippen LogP contribution in [0.1, 0.15) is 0 Å². The van der Waals surface area contributed by atoms with Gasteiger partial charge in [-0.05, 0) is 129 Å². The minimum Gasteiger partial charge on any atom is -0.309 e. The molecule has 0 saturated carbocycles. The lowest BCUT2D eigenvalue weighted by molar-refractivity contribution is 1.08. The van der Waals surface area contributed by atoms with Crippen molar-refractivity contribution in [3.63, 3.8) is 0 Å². The van der Waals surface area contributed by atoms with Crippen LogP contribution in [-0.4, -0.2) is 24.1 Å². The van der Waals surface area contributed by atoms with Gasteiger partial charge in [0, 0.05) is 90.0 Å². The van der Waals surface area contributed by atoms with E-state index >= 15 is 0 Å². The zero-order valence-corrected chi connectivity index (χ0v) is 49.0. The largest absolute Gasteiger partial charge is 0.309 e. The molecule has 0 N–H and O–H groups in total. The average molecular weight is 1160 g/mol. The van der Waals surface area contributed by atoms with Crippen LogP contribution in [-0.2, 0) is 0 Å². The van der Waals surface area contributed by atoms with Gasteiger partial charge in [-0.1, -0.05) is 212 Å². The first-order valence-electron chi connectivity index (χ1n) is 29.7. The van der Waals surface area contributed by atoms with Gasteiger partial charge in [0.15, 0.2) is 17.5 Å². The molecule has 0 spiro atoms. The van der Waals surface area contributed by atoms with Crippen LogP contribution in [0.25, 0.3) is 174 Å². The molecule has 410 valence electrons. The Morgan fingerprint density at radius 1 is 0.216 bits per heavy atom. The van der Waals surface area contributed by atoms with Crippen molar-refractivity contribution >= 4 is 107 Å². The minimum atomic E-state index is 0.630. The lowest BCUT2D eigenvalue weighted by Crippen LogP contribution is -2.00. The van der Waals surface area contributed by atoms with E-state index < -0.39 is 0 Å². The Balaban J connectivity index is 0.779. The number of thiophene rings is 2. The Hall–Kier alpha value is -11.1. The maximum absolute atomic E-state index is 5.57. The van der Waals surface area contributed by atoms with Crippen LogP contribution in [0.15, 0.2) is 297 Å². The highest BCUT2D eigenvalue weighted by atomic mass is 32.1. The van der Waals surface area contributed by atoms with Crippen molar-refractivity contribution in [2.45, 2.75) is 0 Å². The Morgan fingerprint density at radius 3 is 1.02 bits per heavy atom. The topological polar surface area (TPSA) is 48.5 Å². The fourth-order valence-corrected chi connectivity index (χ4v) is 15.9. The predicted octanol–water partition coefficient (Wildman–Crippen LogP) is 22.5. The van der Waals surface area contributed by atoms with Gasteiger partial charge in [-0.2, -0.15) is 0 Å².